The van der Waals surface area contributed by atoms with Gasteiger partial charge in [-0.2, -0.15) is 0 Å². The first-order valence-electron chi connectivity index (χ1n) is 11.1. The molecule has 2 aromatic rings. The molecule has 2 saturated heterocycles. The molecule has 2 N–H and O–H groups in total. The number of nitrogens with zero attached hydrogens (tertiary/aromatic N) is 2. The van der Waals surface area contributed by atoms with Crippen LogP contribution >= 0.6 is 11.3 Å². The highest BCUT2D eigenvalue weighted by molar-refractivity contribution is 7.10. The van der Waals surface area contributed by atoms with E-state index in [1.165, 1.54) is 29.8 Å². The molecule has 0 spiro atoms. The second kappa shape index (κ2) is 10.4. The molecule has 4 rings (SSSR count). The van der Waals surface area contributed by atoms with Gasteiger partial charge in [-0.15, -0.1) is 11.3 Å². The van der Waals surface area contributed by atoms with Gasteiger partial charge in [0, 0.05) is 43.6 Å². The van der Waals surface area contributed by atoms with E-state index in [-0.39, 0.29) is 6.10 Å². The van der Waals surface area contributed by atoms with Crippen LogP contribution in [-0.4, -0.2) is 51.2 Å². The number of aliphatic imine (C=N–C) groups is 1. The Morgan fingerprint density at radius 1 is 1.10 bits per heavy atom. The Balaban J connectivity index is 1.31. The lowest BCUT2D eigenvalue weighted by Crippen LogP contribution is -2.45. The van der Waals surface area contributed by atoms with Crippen molar-refractivity contribution >= 4 is 17.3 Å². The van der Waals surface area contributed by atoms with Crippen LogP contribution in [0, 0.1) is 11.8 Å². The maximum absolute atomic E-state index is 6.04. The summed E-state index contributed by atoms with van der Waals surface area (Å²) in [6, 6.07) is 15.5. The molecule has 162 valence electrons. The molecule has 3 heterocycles. The van der Waals surface area contributed by atoms with E-state index in [4.69, 9.17) is 4.74 Å². The molecule has 5 nitrogen and oxygen atoms in total. The number of piperidine rings is 1. The van der Waals surface area contributed by atoms with E-state index in [0.717, 1.165) is 32.1 Å². The van der Waals surface area contributed by atoms with Crippen LogP contribution in [0.1, 0.15) is 41.8 Å². The molecule has 0 amide bonds. The fraction of sp³-hybridized carbons (Fsp3) is 0.542. The molecule has 0 bridgehead atoms. The van der Waals surface area contributed by atoms with Gasteiger partial charge in [0.25, 0.3) is 0 Å². The third-order valence-electron chi connectivity index (χ3n) is 6.47. The van der Waals surface area contributed by atoms with Crippen LogP contribution in [0.2, 0.25) is 0 Å². The van der Waals surface area contributed by atoms with Crippen molar-refractivity contribution in [3.05, 3.63) is 58.3 Å². The summed E-state index contributed by atoms with van der Waals surface area (Å²) >= 11 is 1.87. The maximum Gasteiger partial charge on any atom is 0.190 e. The molecule has 4 atom stereocenters. The number of benzene rings is 1. The summed E-state index contributed by atoms with van der Waals surface area (Å²) in [6.45, 7) is 3.82. The van der Waals surface area contributed by atoms with Gasteiger partial charge in [-0.3, -0.25) is 9.89 Å². The largest absolute Gasteiger partial charge is 0.373 e. The van der Waals surface area contributed by atoms with Crippen LogP contribution < -0.4 is 10.6 Å². The van der Waals surface area contributed by atoms with E-state index in [1.54, 1.807) is 0 Å². The second-order valence-corrected chi connectivity index (χ2v) is 9.41. The summed E-state index contributed by atoms with van der Waals surface area (Å²) < 4.78 is 6.04. The summed E-state index contributed by atoms with van der Waals surface area (Å²) in [4.78, 5) is 8.47. The summed E-state index contributed by atoms with van der Waals surface area (Å²) in [6.07, 6.45) is 3.77. The van der Waals surface area contributed by atoms with Crippen LogP contribution in [-0.2, 0) is 4.74 Å². The van der Waals surface area contributed by atoms with E-state index < -0.39 is 0 Å². The maximum atomic E-state index is 6.04. The zero-order valence-corrected chi connectivity index (χ0v) is 18.9. The van der Waals surface area contributed by atoms with Crippen molar-refractivity contribution in [3.63, 3.8) is 0 Å². The Bertz CT molecular complexity index is 795. The van der Waals surface area contributed by atoms with Crippen molar-refractivity contribution < 1.29 is 4.74 Å². The van der Waals surface area contributed by atoms with Gasteiger partial charge in [-0.05, 0) is 55.8 Å². The number of rotatable bonds is 6. The predicted molar refractivity (Wildman–Crippen MR) is 125 cm³/mol. The molecule has 1 aromatic carbocycles. The first-order chi connectivity index (χ1) is 14.8. The van der Waals surface area contributed by atoms with Gasteiger partial charge in [0.15, 0.2) is 5.96 Å². The number of hydrogen-bond donors (Lipinski definition) is 2. The molecule has 0 radical (unpaired) electrons. The average Bonchev–Trinajstić information content (AvgIpc) is 3.47. The van der Waals surface area contributed by atoms with Gasteiger partial charge in [0.1, 0.15) is 0 Å². The van der Waals surface area contributed by atoms with Crippen LogP contribution in [0.4, 0.5) is 0 Å². The highest BCUT2D eigenvalue weighted by Gasteiger charge is 2.32. The Hall–Kier alpha value is -1.89. The van der Waals surface area contributed by atoms with Gasteiger partial charge in [-0.1, -0.05) is 36.4 Å². The lowest BCUT2D eigenvalue weighted by Gasteiger charge is -2.39. The first-order valence-corrected chi connectivity index (χ1v) is 12.0. The van der Waals surface area contributed by atoms with E-state index in [0.29, 0.717) is 17.9 Å². The van der Waals surface area contributed by atoms with Crippen LogP contribution in [0.15, 0.2) is 52.8 Å². The first kappa shape index (κ1) is 21.3. The molecule has 0 aliphatic carbocycles. The molecule has 2 fully saturated rings. The number of hydrogen-bond acceptors (Lipinski definition) is 4. The number of guanidine groups is 1. The fourth-order valence-corrected chi connectivity index (χ4v) is 5.90. The van der Waals surface area contributed by atoms with Crippen molar-refractivity contribution in [1.82, 2.24) is 15.5 Å². The minimum absolute atomic E-state index is 0.173. The lowest BCUT2D eigenvalue weighted by atomic mass is 9.88. The van der Waals surface area contributed by atoms with Crippen molar-refractivity contribution in [2.45, 2.75) is 31.4 Å². The number of likely N-dealkylation sites (tertiary alicyclic amines) is 1. The Morgan fingerprint density at radius 2 is 1.90 bits per heavy atom. The molecule has 4 unspecified atom stereocenters. The Labute approximate surface area is 184 Å². The van der Waals surface area contributed by atoms with Gasteiger partial charge < -0.3 is 15.4 Å². The topological polar surface area (TPSA) is 48.9 Å². The fourth-order valence-electron chi connectivity index (χ4n) is 4.91. The second-order valence-electron chi connectivity index (χ2n) is 8.43. The normalized spacial score (nSPS) is 27.9. The molecule has 2 aliphatic heterocycles. The summed E-state index contributed by atoms with van der Waals surface area (Å²) in [7, 11) is 4.12. The third kappa shape index (κ3) is 5.05. The van der Waals surface area contributed by atoms with Gasteiger partial charge >= 0.3 is 0 Å². The van der Waals surface area contributed by atoms with Crippen LogP contribution in [0.3, 0.4) is 0 Å². The monoisotopic (exact) mass is 426 g/mol. The van der Waals surface area contributed by atoms with Crippen LogP contribution in [0.5, 0.6) is 0 Å². The molecule has 1 aromatic heterocycles. The van der Waals surface area contributed by atoms with E-state index in [1.807, 2.05) is 18.4 Å². The molecule has 6 heteroatoms. The summed E-state index contributed by atoms with van der Waals surface area (Å²) in [5, 5.41) is 9.36. The van der Waals surface area contributed by atoms with E-state index in [2.05, 4.69) is 75.4 Å². The molecular weight excluding hydrogens is 392 g/mol. The van der Waals surface area contributed by atoms with E-state index in [9.17, 15) is 0 Å². The van der Waals surface area contributed by atoms with Gasteiger partial charge in [0.2, 0.25) is 0 Å². The molecule has 0 saturated carbocycles. The minimum Gasteiger partial charge on any atom is -0.373 e. The van der Waals surface area contributed by atoms with Gasteiger partial charge in [-0.25, -0.2) is 0 Å². The van der Waals surface area contributed by atoms with Crippen molar-refractivity contribution in [1.29, 1.82) is 0 Å². The highest BCUT2D eigenvalue weighted by Crippen LogP contribution is 2.37. The average molecular weight is 427 g/mol. The summed E-state index contributed by atoms with van der Waals surface area (Å²) in [5.41, 5.74) is 1.27. The van der Waals surface area contributed by atoms with Crippen molar-refractivity contribution in [2.24, 2.45) is 16.8 Å². The van der Waals surface area contributed by atoms with Gasteiger partial charge in [0.05, 0.1) is 6.10 Å². The van der Waals surface area contributed by atoms with Crippen molar-refractivity contribution in [2.75, 3.05) is 40.3 Å². The molecule has 2 aliphatic rings. The lowest BCUT2D eigenvalue weighted by molar-refractivity contribution is 0.0914. The quantitative estimate of drug-likeness (QED) is 0.540. The number of nitrogens with one attached hydrogen (secondary N) is 2. The third-order valence-corrected chi connectivity index (χ3v) is 7.41. The van der Waals surface area contributed by atoms with Crippen LogP contribution in [0.25, 0.3) is 0 Å². The zero-order valence-electron chi connectivity index (χ0n) is 18.1. The smallest absolute Gasteiger partial charge is 0.190 e. The Kier molecular flexibility index (Phi) is 7.42. The highest BCUT2D eigenvalue weighted by atomic mass is 32.1. The molecule has 30 heavy (non-hydrogen) atoms. The van der Waals surface area contributed by atoms with E-state index >= 15 is 0 Å². The Morgan fingerprint density at radius 3 is 2.63 bits per heavy atom. The number of thiophene rings is 1. The molecular formula is C24H34N4OS. The van der Waals surface area contributed by atoms with Crippen molar-refractivity contribution in [3.8, 4) is 0 Å². The zero-order chi connectivity index (χ0) is 20.8. The minimum atomic E-state index is 0.173. The standard InChI is InChI=1S/C24H34N4OS/c1-25-24(27-17-20-12-14-29-23(20)18-8-4-3-5-9-18)26-16-19-10-6-13-28(2)22(19)21-11-7-15-30-21/h3-5,7-9,11,15,19-20,22-23H,6,10,12-14,16-17H2,1-2H3,(H2,25,26,27). The number of ether oxygens (including phenoxy) is 1. The summed E-state index contributed by atoms with van der Waals surface area (Å²) in [5.74, 6) is 1.95. The SMILES string of the molecule is CN=C(NCC1CCOC1c1ccccc1)NCC1CCCN(C)C1c1cccs1. The predicted octanol–water partition coefficient (Wildman–Crippen LogP) is 4.07.